The number of imidazole rings is 1. The fraction of sp³-hybridized carbons (Fsp3) is 0.595. The van der Waals surface area contributed by atoms with Crippen LogP contribution in [-0.4, -0.2) is 80.5 Å². The zero-order valence-electron chi connectivity index (χ0n) is 31.4. The zero-order valence-corrected chi connectivity index (χ0v) is 33.2. The molecule has 0 saturated heterocycles. The van der Waals surface area contributed by atoms with Crippen molar-refractivity contribution in [3.05, 3.63) is 65.0 Å². The molecule has 0 radical (unpaired) electrons. The van der Waals surface area contributed by atoms with Crippen molar-refractivity contribution in [2.75, 3.05) is 13.2 Å². The molecule has 1 fully saturated rings. The van der Waals surface area contributed by atoms with E-state index in [2.05, 4.69) is 24.4 Å². The van der Waals surface area contributed by atoms with Crippen LogP contribution >= 0.6 is 0 Å². The number of aromatic nitrogens is 2. The van der Waals surface area contributed by atoms with Crippen molar-refractivity contribution in [2.24, 2.45) is 0 Å². The number of carbonyl (C=O) groups excluding carboxylic acids is 2. The Morgan fingerprint density at radius 3 is 2.15 bits per heavy atom. The van der Waals surface area contributed by atoms with Gasteiger partial charge in [0, 0.05) is 14.7 Å². The molecule has 1 aromatic heterocycles. The second-order valence-corrected chi connectivity index (χ2v) is 24.0. The number of carbonyl (C=O) groups is 2. The van der Waals surface area contributed by atoms with Gasteiger partial charge in [-0.15, -0.1) is 0 Å². The summed E-state index contributed by atoms with van der Waals surface area (Å²) in [7, 11) is -3.18. The van der Waals surface area contributed by atoms with E-state index in [1.165, 1.54) is 11.8 Å². The van der Waals surface area contributed by atoms with E-state index in [4.69, 9.17) is 19.2 Å². The van der Waals surface area contributed by atoms with Gasteiger partial charge in [0.2, 0.25) is 0 Å². The summed E-state index contributed by atoms with van der Waals surface area (Å²) in [6.45, 7) is 16.0. The maximum atomic E-state index is 14.1. The molecule has 2 heterocycles. The summed E-state index contributed by atoms with van der Waals surface area (Å²) < 4.78 is 77.7. The lowest BCUT2D eigenvalue weighted by Crippen LogP contribution is -2.48. The molecule has 1 unspecified atom stereocenters. The second-order valence-electron chi connectivity index (χ2n) is 16.4. The van der Waals surface area contributed by atoms with Crippen LogP contribution in [0.1, 0.15) is 98.6 Å². The van der Waals surface area contributed by atoms with E-state index in [0.717, 1.165) is 32.7 Å². The number of nitrogens with one attached hydrogen (secondary N) is 1. The molecule has 1 N–H and O–H groups in total. The highest BCUT2D eigenvalue weighted by atomic mass is 32.2. The van der Waals surface area contributed by atoms with E-state index in [0.29, 0.717) is 34.3 Å². The molecule has 1 aliphatic carbocycles. The molecule has 52 heavy (non-hydrogen) atoms. The molecule has 2 aliphatic rings. The molecule has 4 atom stereocenters. The highest BCUT2D eigenvalue weighted by Gasteiger charge is 2.50. The zero-order chi connectivity index (χ0) is 38.4. The second kappa shape index (κ2) is 15.1. The Morgan fingerprint density at radius 2 is 1.62 bits per heavy atom. The molecular formula is C37H51F3N4O6SSi. The van der Waals surface area contributed by atoms with Gasteiger partial charge >= 0.3 is 6.18 Å². The number of hydrogen-bond donors (Lipinski definition) is 1. The number of imide groups is 1. The number of alkyl halides is 3. The molecule has 3 aromatic rings. The fourth-order valence-electron chi connectivity index (χ4n) is 5.80. The van der Waals surface area contributed by atoms with E-state index >= 15 is 0 Å². The topological polar surface area (TPSA) is 112 Å². The van der Waals surface area contributed by atoms with E-state index < -0.39 is 65.6 Å². The molecule has 0 spiro atoms. The average Bonchev–Trinajstić information content (AvgIpc) is 3.75. The van der Waals surface area contributed by atoms with Crippen molar-refractivity contribution in [3.63, 3.8) is 0 Å². The Balaban J connectivity index is 1.60. The number of halogens is 3. The van der Waals surface area contributed by atoms with Crippen LogP contribution in [-0.2, 0) is 31.9 Å². The van der Waals surface area contributed by atoms with Crippen molar-refractivity contribution in [3.8, 4) is 0 Å². The smallest absolute Gasteiger partial charge is 0.376 e. The quantitative estimate of drug-likeness (QED) is 0.0904. The number of nitrogens with zero attached hydrogens (tertiary/aromatic N) is 3. The van der Waals surface area contributed by atoms with Gasteiger partial charge in [-0.05, 0) is 90.3 Å². The minimum absolute atomic E-state index is 0.0258. The van der Waals surface area contributed by atoms with Crippen LogP contribution < -0.4 is 4.72 Å². The van der Waals surface area contributed by atoms with Gasteiger partial charge in [-0.1, -0.05) is 37.8 Å². The van der Waals surface area contributed by atoms with Crippen molar-refractivity contribution in [2.45, 2.75) is 128 Å². The summed E-state index contributed by atoms with van der Waals surface area (Å²) in [6, 6.07) is 11.1. The molecule has 2 amide bonds. The molecule has 5 rings (SSSR count). The third-order valence-corrected chi connectivity index (χ3v) is 12.5. The first-order valence-electron chi connectivity index (χ1n) is 17.7. The van der Waals surface area contributed by atoms with Crippen LogP contribution in [0.2, 0.25) is 25.7 Å². The maximum Gasteiger partial charge on any atom is 0.416 e. The Hall–Kier alpha value is -2.95. The molecular weight excluding hydrogens is 714 g/mol. The summed E-state index contributed by atoms with van der Waals surface area (Å²) in [4.78, 5) is 33.5. The van der Waals surface area contributed by atoms with Crippen LogP contribution in [0.25, 0.3) is 11.0 Å². The maximum absolute atomic E-state index is 14.1. The standard InChI is InChI=1S/C37H51F3N4O6SSi/c1-23(50-36(5,6)37(38,39)40)31(42-51(47)35(2,3)4)32-41-28-20-24(14-17-29(28)43(32)22-48-18-19-52(7,8)9)30(21-49-25-15-16-25)44-33(45)26-12-10-11-13-27(26)34(44)46/h10-14,17,20,23,25,30-31,42H,15-16,18-19,21-22H2,1-9H3/t23-,30-,31+,51?/m1/s1. The highest BCUT2D eigenvalue weighted by Crippen LogP contribution is 2.38. The Kier molecular flexibility index (Phi) is 11.6. The normalized spacial score (nSPS) is 18.2. The van der Waals surface area contributed by atoms with Gasteiger partial charge in [-0.25, -0.2) is 13.9 Å². The third-order valence-electron chi connectivity index (χ3n) is 9.26. The number of amides is 2. The van der Waals surface area contributed by atoms with E-state index in [1.807, 2.05) is 0 Å². The number of rotatable bonds is 16. The first kappa shape index (κ1) is 40.2. The number of benzene rings is 2. The molecule has 1 aliphatic heterocycles. The summed E-state index contributed by atoms with van der Waals surface area (Å²) in [5.74, 6) is -0.562. The summed E-state index contributed by atoms with van der Waals surface area (Å²) in [5, 5.41) is 0. The van der Waals surface area contributed by atoms with E-state index in [-0.39, 0.29) is 25.3 Å². The van der Waals surface area contributed by atoms with Gasteiger partial charge in [0.1, 0.15) is 18.6 Å². The Bertz CT molecular complexity index is 1780. The Labute approximate surface area is 307 Å². The molecule has 286 valence electrons. The minimum atomic E-state index is -4.67. The lowest BCUT2D eigenvalue weighted by Gasteiger charge is -2.35. The van der Waals surface area contributed by atoms with Gasteiger partial charge in [-0.2, -0.15) is 13.2 Å². The van der Waals surface area contributed by atoms with Gasteiger partial charge in [0.05, 0.1) is 62.7 Å². The monoisotopic (exact) mass is 764 g/mol. The minimum Gasteiger partial charge on any atom is -0.376 e. The molecule has 0 bridgehead atoms. The lowest BCUT2D eigenvalue weighted by atomic mass is 10.0. The van der Waals surface area contributed by atoms with Crippen LogP contribution in [0.15, 0.2) is 42.5 Å². The van der Waals surface area contributed by atoms with E-state index in [9.17, 15) is 27.0 Å². The summed E-state index contributed by atoms with van der Waals surface area (Å²) in [6.07, 6.45) is -3.98. The number of fused-ring (bicyclic) bond motifs is 2. The van der Waals surface area contributed by atoms with Crippen molar-refractivity contribution >= 4 is 41.9 Å². The number of hydrogen-bond acceptors (Lipinski definition) is 7. The predicted octanol–water partition coefficient (Wildman–Crippen LogP) is 7.70. The van der Waals surface area contributed by atoms with Crippen LogP contribution in [0, 0.1) is 0 Å². The molecule has 2 aromatic carbocycles. The molecule has 15 heteroatoms. The fourth-order valence-corrected chi connectivity index (χ4v) is 7.44. The molecule has 10 nitrogen and oxygen atoms in total. The number of ether oxygens (including phenoxy) is 3. The van der Waals surface area contributed by atoms with Crippen molar-refractivity contribution < 1.29 is 41.2 Å². The summed E-state index contributed by atoms with van der Waals surface area (Å²) >= 11 is 0. The van der Waals surface area contributed by atoms with Gasteiger partial charge < -0.3 is 18.8 Å². The summed E-state index contributed by atoms with van der Waals surface area (Å²) in [5.41, 5.74) is -0.221. The highest BCUT2D eigenvalue weighted by molar-refractivity contribution is 7.84. The van der Waals surface area contributed by atoms with Crippen LogP contribution in [0.3, 0.4) is 0 Å². The predicted molar refractivity (Wildman–Crippen MR) is 197 cm³/mol. The van der Waals surface area contributed by atoms with Gasteiger partial charge in [-0.3, -0.25) is 14.5 Å². The van der Waals surface area contributed by atoms with Crippen molar-refractivity contribution in [1.82, 2.24) is 19.2 Å². The van der Waals surface area contributed by atoms with Crippen molar-refractivity contribution in [1.29, 1.82) is 0 Å². The van der Waals surface area contributed by atoms with Crippen LogP contribution in [0.5, 0.6) is 0 Å². The average molecular weight is 765 g/mol. The first-order chi connectivity index (χ1) is 24.1. The molecule has 1 saturated carbocycles. The Morgan fingerprint density at radius 1 is 1.00 bits per heavy atom. The largest absolute Gasteiger partial charge is 0.416 e. The van der Waals surface area contributed by atoms with E-state index in [1.54, 1.807) is 67.8 Å². The van der Waals surface area contributed by atoms with Gasteiger partial charge in [0.25, 0.3) is 11.8 Å². The first-order valence-corrected chi connectivity index (χ1v) is 22.5. The van der Waals surface area contributed by atoms with Crippen LogP contribution in [0.4, 0.5) is 13.2 Å². The lowest BCUT2D eigenvalue weighted by molar-refractivity contribution is -0.277. The van der Waals surface area contributed by atoms with Gasteiger partial charge in [0.15, 0.2) is 5.60 Å². The third kappa shape index (κ3) is 9.04. The SMILES string of the molecule is C[C@@H](OC(C)(C)C(F)(F)F)[C@H](NS(=O)C(C)(C)C)c1nc2cc([C@@H](COC3CC3)N3C(=O)c4ccccc4C3=O)ccc2n1COCC[Si](C)(C)C.